The molecule has 0 saturated heterocycles. The molecule has 43 heavy (non-hydrogen) atoms. The van der Waals surface area contributed by atoms with Gasteiger partial charge in [-0.3, -0.25) is 15.0 Å². The number of tetrazole rings is 1. The maximum Gasteiger partial charge on any atom is 0.417 e. The van der Waals surface area contributed by atoms with Crippen molar-refractivity contribution < 1.29 is 22.8 Å². The van der Waals surface area contributed by atoms with Crippen molar-refractivity contribution in [2.75, 3.05) is 15.5 Å². The minimum atomic E-state index is -4.77. The highest BCUT2D eigenvalue weighted by Crippen LogP contribution is 2.35. The van der Waals surface area contributed by atoms with Gasteiger partial charge in [0.25, 0.3) is 11.9 Å². The Morgan fingerprint density at radius 3 is 2.33 bits per heavy atom. The lowest BCUT2D eigenvalue weighted by Crippen LogP contribution is -2.34. The largest absolute Gasteiger partial charge is 0.417 e. The van der Waals surface area contributed by atoms with Crippen LogP contribution in [0.1, 0.15) is 70.6 Å². The topological polar surface area (TPSA) is 140 Å². The van der Waals surface area contributed by atoms with E-state index in [1.54, 1.807) is 24.3 Å². The number of nitrogens with one attached hydrogen (secondary N) is 3. The van der Waals surface area contributed by atoms with E-state index in [1.165, 1.54) is 41.9 Å². The number of carbonyl (C=O) groups is 2. The molecule has 220 valence electrons. The summed E-state index contributed by atoms with van der Waals surface area (Å²) in [6.07, 6.45) is 1.03. The molecule has 1 heterocycles. The van der Waals surface area contributed by atoms with Crippen molar-refractivity contribution >= 4 is 29.3 Å². The Hall–Kier alpha value is -5.25. The van der Waals surface area contributed by atoms with Gasteiger partial charge in [-0.15, -0.1) is 5.10 Å². The summed E-state index contributed by atoms with van der Waals surface area (Å²) in [5.41, 5.74) is 0.934. The minimum Gasteiger partial charge on any atom is -0.308 e. The van der Waals surface area contributed by atoms with E-state index in [-0.39, 0.29) is 18.2 Å². The van der Waals surface area contributed by atoms with Gasteiger partial charge in [0.1, 0.15) is 0 Å². The number of anilines is 3. The second-order valence-corrected chi connectivity index (χ2v) is 10.2. The number of urea groups is 1. The summed E-state index contributed by atoms with van der Waals surface area (Å²) < 4.78 is 40.6. The molecule has 0 spiro atoms. The van der Waals surface area contributed by atoms with Crippen LogP contribution in [-0.2, 0) is 12.7 Å². The maximum absolute atomic E-state index is 13.6. The molecule has 0 atom stereocenters. The van der Waals surface area contributed by atoms with Crippen LogP contribution < -0.4 is 15.5 Å². The summed E-state index contributed by atoms with van der Waals surface area (Å²) in [7, 11) is 0. The fourth-order valence-corrected chi connectivity index (χ4v) is 5.12. The standard InChI is InChI=1S/C30H27F3N8O2/c31-30(32,33)26-16-24(13-10-23(26)17-34)35-29(43)41(25-14-11-21(12-15-25)20-4-2-1-3-5-20)18-19-6-8-22(9-7-19)27(42)36-28-37-39-40-38-28/h6-16,20H,1-5,18H2,(H,35,43)(H2,36,37,38,39,40,42). The zero-order valence-electron chi connectivity index (χ0n) is 22.9. The molecule has 0 bridgehead atoms. The second kappa shape index (κ2) is 12.7. The molecule has 3 N–H and O–H groups in total. The summed E-state index contributed by atoms with van der Waals surface area (Å²) in [5, 5.41) is 27.1. The van der Waals surface area contributed by atoms with Gasteiger partial charge in [0.15, 0.2) is 0 Å². The lowest BCUT2D eigenvalue weighted by atomic mass is 9.84. The number of rotatable bonds is 7. The summed E-state index contributed by atoms with van der Waals surface area (Å²) >= 11 is 0. The number of benzene rings is 3. The number of carbonyl (C=O) groups excluding carboxylic acids is 2. The molecule has 1 aliphatic rings. The molecule has 1 saturated carbocycles. The number of alkyl halides is 3. The number of amides is 3. The number of H-pyrrole nitrogens is 1. The summed E-state index contributed by atoms with van der Waals surface area (Å²) in [6, 6.07) is 18.0. The molecule has 0 radical (unpaired) electrons. The SMILES string of the molecule is N#Cc1ccc(NC(=O)N(Cc2ccc(C(=O)Nc3nn[nH]n3)cc2)c2ccc(C3CCCCC3)cc2)cc1C(F)(F)F. The van der Waals surface area contributed by atoms with Crippen molar-refractivity contribution in [3.8, 4) is 6.07 Å². The van der Waals surface area contributed by atoms with Gasteiger partial charge in [-0.25, -0.2) is 4.79 Å². The summed E-state index contributed by atoms with van der Waals surface area (Å²) in [6.45, 7) is 0.0593. The number of hydrogen-bond donors (Lipinski definition) is 3. The van der Waals surface area contributed by atoms with E-state index in [4.69, 9.17) is 5.26 Å². The monoisotopic (exact) mass is 588 g/mol. The Labute approximate surface area is 244 Å². The van der Waals surface area contributed by atoms with E-state index < -0.39 is 29.2 Å². The summed E-state index contributed by atoms with van der Waals surface area (Å²) in [4.78, 5) is 27.4. The van der Waals surface area contributed by atoms with Gasteiger partial charge in [0, 0.05) is 16.9 Å². The Bertz CT molecular complexity index is 1610. The number of nitrogens with zero attached hydrogens (tertiary/aromatic N) is 5. The maximum atomic E-state index is 13.6. The zero-order valence-corrected chi connectivity index (χ0v) is 22.9. The third kappa shape index (κ3) is 7.16. The molecule has 5 rings (SSSR count). The van der Waals surface area contributed by atoms with Gasteiger partial charge in [-0.05, 0) is 77.6 Å². The Morgan fingerprint density at radius 1 is 0.977 bits per heavy atom. The molecule has 10 nitrogen and oxygen atoms in total. The highest BCUT2D eigenvalue weighted by Gasteiger charge is 2.34. The van der Waals surface area contributed by atoms with Crippen molar-refractivity contribution in [2.24, 2.45) is 0 Å². The third-order valence-electron chi connectivity index (χ3n) is 7.35. The van der Waals surface area contributed by atoms with Gasteiger partial charge < -0.3 is 5.32 Å². The van der Waals surface area contributed by atoms with Gasteiger partial charge in [-0.1, -0.05) is 48.6 Å². The van der Waals surface area contributed by atoms with E-state index in [0.717, 1.165) is 25.0 Å². The van der Waals surface area contributed by atoms with E-state index >= 15 is 0 Å². The Balaban J connectivity index is 1.39. The average Bonchev–Trinajstić information content (AvgIpc) is 3.53. The van der Waals surface area contributed by atoms with Crippen molar-refractivity contribution in [3.63, 3.8) is 0 Å². The van der Waals surface area contributed by atoms with E-state index in [0.29, 0.717) is 22.7 Å². The summed E-state index contributed by atoms with van der Waals surface area (Å²) in [5.74, 6) is 0.0165. The number of aromatic amines is 1. The fourth-order valence-electron chi connectivity index (χ4n) is 5.12. The van der Waals surface area contributed by atoms with Crippen LogP contribution in [0.3, 0.4) is 0 Å². The van der Waals surface area contributed by atoms with Gasteiger partial charge in [-0.2, -0.15) is 23.6 Å². The molecule has 13 heteroatoms. The minimum absolute atomic E-state index is 0.0186. The van der Waals surface area contributed by atoms with Gasteiger partial charge in [0.05, 0.1) is 23.7 Å². The molecule has 0 aliphatic heterocycles. The van der Waals surface area contributed by atoms with Crippen LogP contribution in [0.5, 0.6) is 0 Å². The number of halogens is 3. The normalized spacial score (nSPS) is 13.6. The lowest BCUT2D eigenvalue weighted by Gasteiger charge is -2.26. The number of hydrogen-bond acceptors (Lipinski definition) is 6. The van der Waals surface area contributed by atoms with E-state index in [2.05, 4.69) is 31.3 Å². The van der Waals surface area contributed by atoms with Gasteiger partial charge in [0.2, 0.25) is 0 Å². The molecule has 3 aromatic carbocycles. The zero-order chi connectivity index (χ0) is 30.4. The van der Waals surface area contributed by atoms with Crippen LogP contribution in [0.2, 0.25) is 0 Å². The van der Waals surface area contributed by atoms with Crippen LogP contribution in [0.25, 0.3) is 0 Å². The molecule has 1 aliphatic carbocycles. The third-order valence-corrected chi connectivity index (χ3v) is 7.35. The van der Waals surface area contributed by atoms with Crippen molar-refractivity contribution in [1.82, 2.24) is 20.6 Å². The lowest BCUT2D eigenvalue weighted by molar-refractivity contribution is -0.137. The van der Waals surface area contributed by atoms with Crippen molar-refractivity contribution in [2.45, 2.75) is 50.7 Å². The van der Waals surface area contributed by atoms with Crippen LogP contribution in [-0.4, -0.2) is 32.6 Å². The second-order valence-electron chi connectivity index (χ2n) is 10.2. The molecule has 4 aromatic rings. The van der Waals surface area contributed by atoms with Crippen LogP contribution in [0.15, 0.2) is 66.7 Å². The number of aromatic nitrogens is 4. The highest BCUT2D eigenvalue weighted by molar-refractivity contribution is 6.03. The molecule has 1 aromatic heterocycles. The predicted molar refractivity (Wildman–Crippen MR) is 152 cm³/mol. The highest BCUT2D eigenvalue weighted by atomic mass is 19.4. The van der Waals surface area contributed by atoms with Crippen LogP contribution in [0, 0.1) is 11.3 Å². The first kappa shape index (κ1) is 29.2. The van der Waals surface area contributed by atoms with Crippen LogP contribution >= 0.6 is 0 Å². The Morgan fingerprint density at radius 2 is 1.70 bits per heavy atom. The number of nitriles is 1. The van der Waals surface area contributed by atoms with E-state index in [1.807, 2.05) is 24.3 Å². The van der Waals surface area contributed by atoms with Crippen LogP contribution in [0.4, 0.5) is 35.3 Å². The molecule has 1 fully saturated rings. The predicted octanol–water partition coefficient (Wildman–Crippen LogP) is 6.63. The molecular weight excluding hydrogens is 561 g/mol. The van der Waals surface area contributed by atoms with E-state index in [9.17, 15) is 22.8 Å². The first-order valence-electron chi connectivity index (χ1n) is 13.6. The molecular formula is C30H27F3N8O2. The van der Waals surface area contributed by atoms with Crippen molar-refractivity contribution in [1.29, 1.82) is 5.26 Å². The Kier molecular flexibility index (Phi) is 8.66. The smallest absolute Gasteiger partial charge is 0.308 e. The van der Waals surface area contributed by atoms with Gasteiger partial charge >= 0.3 is 12.2 Å². The first-order valence-corrected chi connectivity index (χ1v) is 13.6. The quantitative estimate of drug-likeness (QED) is 0.221. The fraction of sp³-hybridized carbons (Fsp3) is 0.267. The molecule has 0 unspecified atom stereocenters. The molecule has 3 amide bonds. The van der Waals surface area contributed by atoms with Crippen molar-refractivity contribution in [3.05, 3.63) is 94.5 Å². The average molecular weight is 589 g/mol. The first-order chi connectivity index (χ1) is 20.7.